The second-order valence-electron chi connectivity index (χ2n) is 5.33. The van der Waals surface area contributed by atoms with E-state index in [1.165, 1.54) is 11.8 Å². The van der Waals surface area contributed by atoms with Crippen LogP contribution in [0.1, 0.15) is 22.8 Å². The van der Waals surface area contributed by atoms with Crippen molar-refractivity contribution in [3.8, 4) is 5.75 Å². The van der Waals surface area contributed by atoms with Gasteiger partial charge in [0, 0.05) is 20.6 Å². The summed E-state index contributed by atoms with van der Waals surface area (Å²) in [6.07, 6.45) is 0. The summed E-state index contributed by atoms with van der Waals surface area (Å²) in [5.74, 6) is 0.762. The van der Waals surface area contributed by atoms with Crippen LogP contribution >= 0.6 is 27.7 Å². The van der Waals surface area contributed by atoms with E-state index in [0.29, 0.717) is 5.56 Å². The predicted octanol–water partition coefficient (Wildman–Crippen LogP) is 5.40. The summed E-state index contributed by atoms with van der Waals surface area (Å²) < 4.78 is 6.16. The minimum absolute atomic E-state index is 0.0194. The van der Waals surface area contributed by atoms with Crippen molar-refractivity contribution in [2.24, 2.45) is 0 Å². The Balaban J connectivity index is 1.94. The van der Waals surface area contributed by atoms with Crippen molar-refractivity contribution in [2.45, 2.75) is 18.7 Å². The third-order valence-corrected chi connectivity index (χ3v) is 5.38. The van der Waals surface area contributed by atoms with E-state index in [0.717, 1.165) is 37.0 Å². The van der Waals surface area contributed by atoms with Crippen molar-refractivity contribution < 1.29 is 9.53 Å². The van der Waals surface area contributed by atoms with Gasteiger partial charge in [0.1, 0.15) is 5.75 Å². The third-order valence-electron chi connectivity index (χ3n) is 3.69. The van der Waals surface area contributed by atoms with Crippen molar-refractivity contribution in [3.05, 3.63) is 62.6 Å². The fourth-order valence-corrected chi connectivity index (χ4v) is 4.33. The molecule has 2 aromatic rings. The fraction of sp³-hybridized carbons (Fsp3) is 0.167. The molecule has 23 heavy (non-hydrogen) atoms. The number of carbonyl (C=O) groups excluding carboxylic acids is 1. The molecule has 1 aliphatic heterocycles. The van der Waals surface area contributed by atoms with Gasteiger partial charge in [0.2, 0.25) is 5.78 Å². The van der Waals surface area contributed by atoms with Crippen LogP contribution in [0.2, 0.25) is 0 Å². The monoisotopic (exact) mass is 389 g/mol. The molecule has 0 saturated heterocycles. The second-order valence-corrected chi connectivity index (χ2v) is 7.30. The third kappa shape index (κ3) is 3.16. The topological polar surface area (TPSA) is 38.3 Å². The van der Waals surface area contributed by atoms with Gasteiger partial charge in [0.05, 0.1) is 17.7 Å². The molecule has 0 atom stereocenters. The number of rotatable bonds is 3. The van der Waals surface area contributed by atoms with E-state index < -0.39 is 0 Å². The van der Waals surface area contributed by atoms with Crippen molar-refractivity contribution in [3.63, 3.8) is 0 Å². The van der Waals surface area contributed by atoms with Crippen LogP contribution in [0.15, 0.2) is 56.4 Å². The van der Waals surface area contributed by atoms with Crippen LogP contribution in [0.25, 0.3) is 0 Å². The van der Waals surface area contributed by atoms with Crippen LogP contribution in [0.5, 0.6) is 5.75 Å². The molecule has 5 heteroatoms. The van der Waals surface area contributed by atoms with Gasteiger partial charge in [-0.25, -0.2) is 0 Å². The van der Waals surface area contributed by atoms with Crippen LogP contribution in [0, 0.1) is 6.92 Å². The predicted molar refractivity (Wildman–Crippen MR) is 98.4 cm³/mol. The summed E-state index contributed by atoms with van der Waals surface area (Å²) in [5, 5.41) is 3.37. The summed E-state index contributed by atoms with van der Waals surface area (Å²) in [4.78, 5) is 14.6. The number of allylic oxidation sites excluding steroid dienone is 2. The minimum atomic E-state index is 0.0194. The normalized spacial score (nSPS) is 13.4. The van der Waals surface area contributed by atoms with E-state index in [1.807, 2.05) is 13.0 Å². The van der Waals surface area contributed by atoms with Crippen molar-refractivity contribution in [1.29, 1.82) is 0 Å². The zero-order valence-corrected chi connectivity index (χ0v) is 15.5. The average Bonchev–Trinajstić information content (AvgIpc) is 2.54. The number of methoxy groups -OCH3 is 1. The van der Waals surface area contributed by atoms with Gasteiger partial charge >= 0.3 is 0 Å². The first-order chi connectivity index (χ1) is 11.0. The highest BCUT2D eigenvalue weighted by Gasteiger charge is 2.24. The number of carbonyl (C=O) groups is 1. The Bertz CT molecular complexity index is 813. The molecular weight excluding hydrogens is 374 g/mol. The number of Topliss-reactive ketones (excluding diaryl/α,β-unsaturated/α-hetero) is 1. The van der Waals surface area contributed by atoms with Gasteiger partial charge in [-0.05, 0) is 55.8 Å². The highest BCUT2D eigenvalue weighted by molar-refractivity contribution is 9.10. The van der Waals surface area contributed by atoms with Gasteiger partial charge in [-0.1, -0.05) is 27.7 Å². The average molecular weight is 390 g/mol. The minimum Gasteiger partial charge on any atom is -0.497 e. The standard InChI is InChI=1S/C18H16BrNO2S/c1-10-8-13(19)9-15-16(10)20-11(2)18(23-15)17(21)12-4-6-14(22-3)7-5-12/h4-9,20H,1-3H3. The molecule has 1 N–H and O–H groups in total. The van der Waals surface area contributed by atoms with Crippen LogP contribution in [-0.4, -0.2) is 12.9 Å². The molecule has 0 aromatic heterocycles. The first-order valence-electron chi connectivity index (χ1n) is 7.14. The molecule has 0 bridgehead atoms. The smallest absolute Gasteiger partial charge is 0.201 e. The molecule has 3 rings (SSSR count). The number of thioether (sulfide) groups is 1. The van der Waals surface area contributed by atoms with E-state index in [9.17, 15) is 4.79 Å². The summed E-state index contributed by atoms with van der Waals surface area (Å²) in [6.45, 7) is 3.99. The number of nitrogens with one attached hydrogen (secondary N) is 1. The number of aryl methyl sites for hydroxylation is 1. The van der Waals surface area contributed by atoms with Crippen molar-refractivity contribution in [1.82, 2.24) is 0 Å². The Morgan fingerprint density at radius 3 is 2.52 bits per heavy atom. The Morgan fingerprint density at radius 2 is 1.87 bits per heavy atom. The summed E-state index contributed by atoms with van der Waals surface area (Å²) in [7, 11) is 1.61. The maximum absolute atomic E-state index is 12.8. The lowest BCUT2D eigenvalue weighted by Crippen LogP contribution is -2.13. The lowest BCUT2D eigenvalue weighted by Gasteiger charge is -2.23. The Labute approximate surface area is 148 Å². The summed E-state index contributed by atoms with van der Waals surface area (Å²) in [6, 6.07) is 11.3. The van der Waals surface area contributed by atoms with E-state index in [2.05, 4.69) is 34.2 Å². The van der Waals surface area contributed by atoms with Gasteiger partial charge < -0.3 is 10.1 Å². The van der Waals surface area contributed by atoms with E-state index in [1.54, 1.807) is 31.4 Å². The zero-order valence-electron chi connectivity index (χ0n) is 13.1. The molecule has 3 nitrogen and oxygen atoms in total. The number of benzene rings is 2. The van der Waals surface area contributed by atoms with E-state index in [4.69, 9.17) is 4.74 Å². The number of ether oxygens (including phenoxy) is 1. The maximum Gasteiger partial charge on any atom is 0.201 e. The molecule has 0 amide bonds. The molecule has 0 saturated carbocycles. The second kappa shape index (κ2) is 6.42. The Kier molecular flexibility index (Phi) is 4.50. The van der Waals surface area contributed by atoms with E-state index in [-0.39, 0.29) is 5.78 Å². The molecule has 2 aromatic carbocycles. The fourth-order valence-electron chi connectivity index (χ4n) is 2.47. The van der Waals surface area contributed by atoms with Crippen LogP contribution in [0.4, 0.5) is 5.69 Å². The maximum atomic E-state index is 12.8. The molecule has 1 heterocycles. The highest BCUT2D eigenvalue weighted by Crippen LogP contribution is 2.43. The molecule has 0 spiro atoms. The quantitative estimate of drug-likeness (QED) is 0.713. The number of ketones is 1. The SMILES string of the molecule is COc1ccc(C(=O)C2=C(C)Nc3c(C)cc(Br)cc3S2)cc1. The molecular formula is C18H16BrNO2S. The van der Waals surface area contributed by atoms with Gasteiger partial charge in [0.15, 0.2) is 0 Å². The molecule has 118 valence electrons. The largest absolute Gasteiger partial charge is 0.497 e. The van der Waals surface area contributed by atoms with Gasteiger partial charge in [-0.3, -0.25) is 4.79 Å². The number of hydrogen-bond donors (Lipinski definition) is 1. The van der Waals surface area contributed by atoms with Gasteiger partial charge in [-0.15, -0.1) is 0 Å². The molecule has 0 aliphatic carbocycles. The molecule has 1 aliphatic rings. The number of anilines is 1. The highest BCUT2D eigenvalue weighted by atomic mass is 79.9. The Morgan fingerprint density at radius 1 is 1.17 bits per heavy atom. The van der Waals surface area contributed by atoms with E-state index >= 15 is 0 Å². The Hall–Kier alpha value is -1.72. The van der Waals surface area contributed by atoms with Crippen LogP contribution in [-0.2, 0) is 0 Å². The summed E-state index contributed by atoms with van der Waals surface area (Å²) >= 11 is 5.03. The molecule has 0 radical (unpaired) electrons. The number of fused-ring (bicyclic) bond motifs is 1. The lowest BCUT2D eigenvalue weighted by molar-refractivity contribution is 0.104. The van der Waals surface area contributed by atoms with Crippen LogP contribution < -0.4 is 10.1 Å². The first-order valence-corrected chi connectivity index (χ1v) is 8.75. The number of halogens is 1. The first kappa shape index (κ1) is 16.1. The molecule has 0 fully saturated rings. The lowest BCUT2D eigenvalue weighted by atomic mass is 10.1. The zero-order chi connectivity index (χ0) is 16.6. The van der Waals surface area contributed by atoms with Crippen LogP contribution in [0.3, 0.4) is 0 Å². The van der Waals surface area contributed by atoms with Crippen molar-refractivity contribution >= 4 is 39.2 Å². The van der Waals surface area contributed by atoms with Gasteiger partial charge in [-0.2, -0.15) is 0 Å². The summed E-state index contributed by atoms with van der Waals surface area (Å²) in [5.41, 5.74) is 3.76. The molecule has 0 unspecified atom stereocenters. The van der Waals surface area contributed by atoms with Gasteiger partial charge in [0.25, 0.3) is 0 Å². The number of hydrogen-bond acceptors (Lipinski definition) is 4. The van der Waals surface area contributed by atoms with Crippen molar-refractivity contribution in [2.75, 3.05) is 12.4 Å².